The van der Waals surface area contributed by atoms with Crippen LogP contribution in [-0.2, 0) is 4.79 Å². The van der Waals surface area contributed by atoms with Crippen LogP contribution in [0.5, 0.6) is 0 Å². The standard InChI is InChI=1S/C12H15NO3S/c1-7-5-17-6-10(7)11(14)13-9-3-2-8(4-9)12(15)16/h5-6,8-9H,2-4H2,1H3,(H,13,14)(H,15,16). The Labute approximate surface area is 104 Å². The van der Waals surface area contributed by atoms with E-state index in [4.69, 9.17) is 5.11 Å². The molecule has 5 heteroatoms. The van der Waals surface area contributed by atoms with Crippen molar-refractivity contribution >= 4 is 23.2 Å². The molecule has 2 atom stereocenters. The van der Waals surface area contributed by atoms with Gasteiger partial charge < -0.3 is 10.4 Å². The molecule has 4 nitrogen and oxygen atoms in total. The number of aliphatic carboxylic acids is 1. The predicted molar refractivity (Wildman–Crippen MR) is 65.3 cm³/mol. The SMILES string of the molecule is Cc1cscc1C(=O)NC1CCC(C(=O)O)C1. The molecule has 1 aromatic rings. The number of carbonyl (C=O) groups is 2. The summed E-state index contributed by atoms with van der Waals surface area (Å²) in [4.78, 5) is 22.7. The fourth-order valence-corrected chi connectivity index (χ4v) is 3.02. The van der Waals surface area contributed by atoms with Crippen LogP contribution in [0.4, 0.5) is 0 Å². The first kappa shape index (κ1) is 12.1. The molecule has 0 radical (unpaired) electrons. The van der Waals surface area contributed by atoms with E-state index in [0.717, 1.165) is 12.0 Å². The van der Waals surface area contributed by atoms with Crippen LogP contribution in [-0.4, -0.2) is 23.0 Å². The number of nitrogens with one attached hydrogen (secondary N) is 1. The molecule has 0 saturated heterocycles. The number of carbonyl (C=O) groups excluding carboxylic acids is 1. The van der Waals surface area contributed by atoms with Crippen LogP contribution >= 0.6 is 11.3 Å². The molecule has 17 heavy (non-hydrogen) atoms. The van der Waals surface area contributed by atoms with E-state index < -0.39 is 5.97 Å². The second-order valence-corrected chi connectivity index (χ2v) is 5.23. The second-order valence-electron chi connectivity index (χ2n) is 4.49. The zero-order valence-electron chi connectivity index (χ0n) is 9.60. The lowest BCUT2D eigenvalue weighted by atomic mass is 10.1. The van der Waals surface area contributed by atoms with Gasteiger partial charge in [0.2, 0.25) is 0 Å². The lowest BCUT2D eigenvalue weighted by Crippen LogP contribution is -2.33. The highest BCUT2D eigenvalue weighted by Gasteiger charge is 2.30. The summed E-state index contributed by atoms with van der Waals surface area (Å²) in [6.45, 7) is 1.90. The fraction of sp³-hybridized carbons (Fsp3) is 0.500. The van der Waals surface area contributed by atoms with E-state index in [2.05, 4.69) is 5.32 Å². The third kappa shape index (κ3) is 2.66. The maximum atomic E-state index is 11.9. The van der Waals surface area contributed by atoms with Gasteiger partial charge in [-0.05, 0) is 37.1 Å². The monoisotopic (exact) mass is 253 g/mol. The van der Waals surface area contributed by atoms with Crippen LogP contribution in [0.3, 0.4) is 0 Å². The van der Waals surface area contributed by atoms with Crippen LogP contribution < -0.4 is 5.32 Å². The average molecular weight is 253 g/mol. The van der Waals surface area contributed by atoms with Crippen molar-refractivity contribution < 1.29 is 14.7 Å². The highest BCUT2D eigenvalue weighted by atomic mass is 32.1. The van der Waals surface area contributed by atoms with Crippen molar-refractivity contribution in [1.29, 1.82) is 0 Å². The molecule has 1 amide bonds. The van der Waals surface area contributed by atoms with Gasteiger partial charge in [0.05, 0.1) is 11.5 Å². The van der Waals surface area contributed by atoms with E-state index in [1.54, 1.807) is 0 Å². The van der Waals surface area contributed by atoms with E-state index in [9.17, 15) is 9.59 Å². The molecular formula is C12H15NO3S. The molecule has 2 N–H and O–H groups in total. The summed E-state index contributed by atoms with van der Waals surface area (Å²) in [5.41, 5.74) is 1.68. The number of thiophene rings is 1. The summed E-state index contributed by atoms with van der Waals surface area (Å²) in [5.74, 6) is -1.14. The molecule has 0 bridgehead atoms. The van der Waals surface area contributed by atoms with E-state index in [1.807, 2.05) is 17.7 Å². The molecule has 1 fully saturated rings. The molecule has 2 rings (SSSR count). The Balaban J connectivity index is 1.93. The Kier molecular flexibility index (Phi) is 3.47. The van der Waals surface area contributed by atoms with Crippen molar-refractivity contribution in [2.75, 3.05) is 0 Å². The average Bonchev–Trinajstić information content (AvgIpc) is 2.86. The first-order chi connectivity index (χ1) is 8.08. The highest BCUT2D eigenvalue weighted by Crippen LogP contribution is 2.26. The Morgan fingerprint density at radius 3 is 2.71 bits per heavy atom. The largest absolute Gasteiger partial charge is 0.481 e. The zero-order chi connectivity index (χ0) is 12.4. The maximum absolute atomic E-state index is 11.9. The first-order valence-corrected chi connectivity index (χ1v) is 6.58. The minimum Gasteiger partial charge on any atom is -0.481 e. The first-order valence-electron chi connectivity index (χ1n) is 5.64. The van der Waals surface area contributed by atoms with Crippen molar-refractivity contribution in [3.05, 3.63) is 21.9 Å². The van der Waals surface area contributed by atoms with Crippen LogP contribution in [0.15, 0.2) is 10.8 Å². The summed E-state index contributed by atoms with van der Waals surface area (Å²) in [6.07, 6.45) is 1.96. The van der Waals surface area contributed by atoms with Gasteiger partial charge in [0.25, 0.3) is 5.91 Å². The number of rotatable bonds is 3. The molecule has 0 spiro atoms. The van der Waals surface area contributed by atoms with Crippen molar-refractivity contribution in [3.63, 3.8) is 0 Å². The van der Waals surface area contributed by atoms with Gasteiger partial charge in [-0.25, -0.2) is 0 Å². The Hall–Kier alpha value is -1.36. The lowest BCUT2D eigenvalue weighted by molar-refractivity contribution is -0.141. The fourth-order valence-electron chi connectivity index (χ4n) is 2.19. The minimum absolute atomic E-state index is 0.00269. The van der Waals surface area contributed by atoms with Crippen molar-refractivity contribution in [1.82, 2.24) is 5.32 Å². The molecule has 1 saturated carbocycles. The Morgan fingerprint density at radius 2 is 2.18 bits per heavy atom. The molecule has 0 aliphatic heterocycles. The summed E-state index contributed by atoms with van der Waals surface area (Å²) >= 11 is 1.50. The van der Waals surface area contributed by atoms with Gasteiger partial charge in [0.1, 0.15) is 0 Å². The third-order valence-corrected chi connectivity index (χ3v) is 4.08. The number of hydrogen-bond donors (Lipinski definition) is 2. The smallest absolute Gasteiger partial charge is 0.306 e. The van der Waals surface area contributed by atoms with Crippen LogP contribution in [0.25, 0.3) is 0 Å². The van der Waals surface area contributed by atoms with E-state index >= 15 is 0 Å². The van der Waals surface area contributed by atoms with Gasteiger partial charge >= 0.3 is 5.97 Å². The van der Waals surface area contributed by atoms with Gasteiger partial charge in [-0.1, -0.05) is 0 Å². The van der Waals surface area contributed by atoms with Crippen molar-refractivity contribution in [3.8, 4) is 0 Å². The van der Waals surface area contributed by atoms with Gasteiger partial charge in [0.15, 0.2) is 0 Å². The van der Waals surface area contributed by atoms with Crippen LogP contribution in [0.1, 0.15) is 35.2 Å². The highest BCUT2D eigenvalue weighted by molar-refractivity contribution is 7.08. The lowest BCUT2D eigenvalue weighted by Gasteiger charge is -2.12. The molecular weight excluding hydrogens is 238 g/mol. The number of amides is 1. The van der Waals surface area contributed by atoms with Gasteiger partial charge in [-0.15, -0.1) is 0 Å². The summed E-state index contributed by atoms with van der Waals surface area (Å²) in [7, 11) is 0. The summed E-state index contributed by atoms with van der Waals surface area (Å²) < 4.78 is 0. The van der Waals surface area contributed by atoms with Gasteiger partial charge in [-0.3, -0.25) is 9.59 Å². The van der Waals surface area contributed by atoms with Crippen LogP contribution in [0.2, 0.25) is 0 Å². The third-order valence-electron chi connectivity index (χ3n) is 3.22. The zero-order valence-corrected chi connectivity index (χ0v) is 10.4. The predicted octanol–water partition coefficient (Wildman–Crippen LogP) is 2.04. The Morgan fingerprint density at radius 1 is 1.41 bits per heavy atom. The number of aryl methyl sites for hydroxylation is 1. The van der Waals surface area contributed by atoms with Crippen molar-refractivity contribution in [2.24, 2.45) is 5.92 Å². The summed E-state index contributed by atoms with van der Waals surface area (Å²) in [6, 6.07) is 0.00269. The van der Waals surface area contributed by atoms with Crippen LogP contribution in [0, 0.1) is 12.8 Å². The van der Waals surface area contributed by atoms with E-state index in [-0.39, 0.29) is 17.9 Å². The van der Waals surface area contributed by atoms with E-state index in [1.165, 1.54) is 11.3 Å². The van der Waals surface area contributed by atoms with Crippen molar-refractivity contribution in [2.45, 2.75) is 32.2 Å². The molecule has 0 aromatic carbocycles. The topological polar surface area (TPSA) is 66.4 Å². The number of hydrogen-bond acceptors (Lipinski definition) is 3. The minimum atomic E-state index is -0.756. The molecule has 92 valence electrons. The number of carboxylic acid groups (broad SMARTS) is 1. The summed E-state index contributed by atoms with van der Waals surface area (Å²) in [5, 5.41) is 15.6. The normalized spacial score (nSPS) is 23.6. The quantitative estimate of drug-likeness (QED) is 0.866. The molecule has 1 aromatic heterocycles. The maximum Gasteiger partial charge on any atom is 0.306 e. The number of carboxylic acids is 1. The molecule has 2 unspecified atom stereocenters. The van der Waals surface area contributed by atoms with Gasteiger partial charge in [-0.2, -0.15) is 11.3 Å². The molecule has 1 heterocycles. The Bertz CT molecular complexity index is 441. The second kappa shape index (κ2) is 4.87. The van der Waals surface area contributed by atoms with E-state index in [0.29, 0.717) is 18.4 Å². The van der Waals surface area contributed by atoms with Gasteiger partial charge in [0, 0.05) is 11.4 Å². The molecule has 1 aliphatic carbocycles. The molecule has 1 aliphatic rings.